The summed E-state index contributed by atoms with van der Waals surface area (Å²) in [4.78, 5) is 0. The first kappa shape index (κ1) is 14.8. The smallest absolute Gasteiger partial charge is 0.136 e. The Morgan fingerprint density at radius 3 is 2.70 bits per heavy atom. The number of hydrogen-bond donors (Lipinski definition) is 1. The van der Waals surface area contributed by atoms with E-state index in [1.807, 2.05) is 0 Å². The Kier molecular flexibility index (Phi) is 4.95. The summed E-state index contributed by atoms with van der Waals surface area (Å²) in [6.45, 7) is 9.77. The summed E-state index contributed by atoms with van der Waals surface area (Å²) in [5.74, 6) is 0.958. The quantitative estimate of drug-likeness (QED) is 0.877. The number of benzene rings is 1. The van der Waals surface area contributed by atoms with Crippen LogP contribution in [0.25, 0.3) is 0 Å². The molecular formula is C15H21N3OS. The van der Waals surface area contributed by atoms with Crippen molar-refractivity contribution in [2.24, 2.45) is 0 Å². The second-order valence-electron chi connectivity index (χ2n) is 4.92. The van der Waals surface area contributed by atoms with Gasteiger partial charge >= 0.3 is 0 Å². The second-order valence-corrected chi connectivity index (χ2v) is 5.67. The van der Waals surface area contributed by atoms with Crippen molar-refractivity contribution < 1.29 is 4.74 Å². The Hall–Kier alpha value is -1.62. The van der Waals surface area contributed by atoms with Gasteiger partial charge in [-0.3, -0.25) is 0 Å². The molecule has 0 bridgehead atoms. The van der Waals surface area contributed by atoms with Crippen molar-refractivity contribution in [3.63, 3.8) is 0 Å². The summed E-state index contributed by atoms with van der Waals surface area (Å²) >= 11 is 1.38. The molecule has 4 nitrogen and oxygen atoms in total. The normalized spacial score (nSPS) is 10.6. The molecule has 1 heterocycles. The first-order valence-electron chi connectivity index (χ1n) is 6.88. The molecule has 2 rings (SSSR count). The summed E-state index contributed by atoms with van der Waals surface area (Å²) in [6.07, 6.45) is 1.08. The fourth-order valence-corrected chi connectivity index (χ4v) is 2.56. The number of ether oxygens (including phenoxy) is 1. The van der Waals surface area contributed by atoms with Crippen LogP contribution in [0.15, 0.2) is 12.1 Å². The number of nitrogens with zero attached hydrogens (tertiary/aromatic N) is 2. The lowest BCUT2D eigenvalue weighted by atomic mass is 10.1. The van der Waals surface area contributed by atoms with Gasteiger partial charge < -0.3 is 10.1 Å². The maximum atomic E-state index is 5.98. The van der Waals surface area contributed by atoms with Crippen molar-refractivity contribution in [2.75, 3.05) is 11.9 Å². The number of aryl methyl sites for hydroxylation is 2. The fourth-order valence-electron chi connectivity index (χ4n) is 1.96. The average molecular weight is 291 g/mol. The van der Waals surface area contributed by atoms with Crippen molar-refractivity contribution in [3.05, 3.63) is 34.5 Å². The van der Waals surface area contributed by atoms with E-state index in [1.165, 1.54) is 22.7 Å². The third-order valence-electron chi connectivity index (χ3n) is 3.32. The molecule has 0 unspecified atom stereocenters. The van der Waals surface area contributed by atoms with Gasteiger partial charge in [0.25, 0.3) is 0 Å². The van der Waals surface area contributed by atoms with Crippen LogP contribution in [0.2, 0.25) is 0 Å². The van der Waals surface area contributed by atoms with Crippen LogP contribution in [0.5, 0.6) is 5.75 Å². The fraction of sp³-hybridized carbons (Fsp3) is 0.467. The van der Waals surface area contributed by atoms with Gasteiger partial charge in [-0.25, -0.2) is 0 Å². The summed E-state index contributed by atoms with van der Waals surface area (Å²) in [7, 11) is 0. The van der Waals surface area contributed by atoms with E-state index in [1.54, 1.807) is 0 Å². The molecule has 108 valence electrons. The van der Waals surface area contributed by atoms with Crippen LogP contribution in [-0.4, -0.2) is 16.1 Å². The van der Waals surface area contributed by atoms with Gasteiger partial charge in [-0.2, -0.15) is 0 Å². The highest BCUT2D eigenvalue weighted by Gasteiger charge is 2.11. The molecule has 0 radical (unpaired) electrons. The van der Waals surface area contributed by atoms with Crippen molar-refractivity contribution in [1.82, 2.24) is 9.59 Å². The van der Waals surface area contributed by atoms with E-state index in [4.69, 9.17) is 4.74 Å². The van der Waals surface area contributed by atoms with E-state index in [-0.39, 0.29) is 0 Å². The molecule has 0 saturated heterocycles. The van der Waals surface area contributed by atoms with E-state index >= 15 is 0 Å². The number of hydrogen-bond acceptors (Lipinski definition) is 5. The maximum Gasteiger partial charge on any atom is 0.136 e. The topological polar surface area (TPSA) is 47.0 Å². The number of anilines is 1. The number of aromatic nitrogens is 2. The van der Waals surface area contributed by atoms with Crippen LogP contribution < -0.4 is 10.1 Å². The first-order chi connectivity index (χ1) is 9.63. The molecular weight excluding hydrogens is 270 g/mol. The zero-order valence-corrected chi connectivity index (χ0v) is 13.3. The molecule has 0 spiro atoms. The highest BCUT2D eigenvalue weighted by Crippen LogP contribution is 2.27. The molecule has 0 saturated carbocycles. The van der Waals surface area contributed by atoms with Crippen LogP contribution in [0.3, 0.4) is 0 Å². The lowest BCUT2D eigenvalue weighted by Gasteiger charge is -2.13. The third kappa shape index (κ3) is 3.28. The summed E-state index contributed by atoms with van der Waals surface area (Å²) < 4.78 is 9.98. The Morgan fingerprint density at radius 1 is 1.20 bits per heavy atom. The van der Waals surface area contributed by atoms with Crippen molar-refractivity contribution in [1.29, 1.82) is 0 Å². The Labute approximate surface area is 124 Å². The minimum atomic E-state index is 0.452. The van der Waals surface area contributed by atoms with Crippen LogP contribution in [0.1, 0.15) is 35.7 Å². The number of rotatable bonds is 6. The van der Waals surface area contributed by atoms with Crippen LogP contribution >= 0.6 is 11.5 Å². The van der Waals surface area contributed by atoms with E-state index in [2.05, 4.69) is 54.7 Å². The largest absolute Gasteiger partial charge is 0.487 e. The highest BCUT2D eigenvalue weighted by molar-refractivity contribution is 7.10. The van der Waals surface area contributed by atoms with Crippen molar-refractivity contribution in [3.8, 4) is 5.75 Å². The van der Waals surface area contributed by atoms with Crippen LogP contribution in [0.4, 0.5) is 5.00 Å². The van der Waals surface area contributed by atoms with Gasteiger partial charge in [-0.15, -0.1) is 5.10 Å². The Balaban J connectivity index is 2.09. The zero-order valence-electron chi connectivity index (χ0n) is 12.5. The predicted molar refractivity (Wildman–Crippen MR) is 83.7 cm³/mol. The molecule has 0 aliphatic heterocycles. The third-order valence-corrected chi connectivity index (χ3v) is 4.04. The van der Waals surface area contributed by atoms with Gasteiger partial charge in [0, 0.05) is 18.1 Å². The van der Waals surface area contributed by atoms with Gasteiger partial charge in [0.1, 0.15) is 23.1 Å². The molecule has 20 heavy (non-hydrogen) atoms. The van der Waals surface area contributed by atoms with Gasteiger partial charge in [0.2, 0.25) is 0 Å². The molecule has 2 aromatic rings. The first-order valence-corrected chi connectivity index (χ1v) is 7.65. The average Bonchev–Trinajstić information content (AvgIpc) is 2.88. The molecule has 1 aromatic carbocycles. The molecule has 1 aromatic heterocycles. The summed E-state index contributed by atoms with van der Waals surface area (Å²) in [5, 5.41) is 8.49. The summed E-state index contributed by atoms with van der Waals surface area (Å²) in [5.41, 5.74) is 4.46. The molecule has 1 N–H and O–H groups in total. The Morgan fingerprint density at radius 2 is 1.95 bits per heavy atom. The monoisotopic (exact) mass is 291 g/mol. The molecule has 5 heteroatoms. The summed E-state index contributed by atoms with van der Waals surface area (Å²) in [6, 6.07) is 4.21. The molecule has 0 aliphatic carbocycles. The Bertz CT molecular complexity index is 580. The molecule has 0 aliphatic rings. The van der Waals surface area contributed by atoms with E-state index in [9.17, 15) is 0 Å². The molecule has 0 amide bonds. The van der Waals surface area contributed by atoms with Crippen molar-refractivity contribution >= 4 is 16.5 Å². The molecule has 0 fully saturated rings. The number of nitrogens with one attached hydrogen (secondary N) is 1. The molecule has 0 atom stereocenters. The van der Waals surface area contributed by atoms with E-state index in [0.717, 1.165) is 35.0 Å². The minimum Gasteiger partial charge on any atom is -0.487 e. The van der Waals surface area contributed by atoms with Gasteiger partial charge in [-0.1, -0.05) is 23.5 Å². The van der Waals surface area contributed by atoms with Crippen LogP contribution in [0, 0.1) is 20.8 Å². The van der Waals surface area contributed by atoms with E-state index < -0.39 is 0 Å². The maximum absolute atomic E-state index is 5.98. The zero-order chi connectivity index (χ0) is 14.5. The lowest BCUT2D eigenvalue weighted by Crippen LogP contribution is -2.05. The van der Waals surface area contributed by atoms with Gasteiger partial charge in [-0.05, 0) is 43.9 Å². The lowest BCUT2D eigenvalue weighted by molar-refractivity contribution is 0.297. The SMILES string of the molecule is CCCNc1snnc1COc1c(C)ccc(C)c1C. The van der Waals surface area contributed by atoms with Crippen LogP contribution in [-0.2, 0) is 6.61 Å². The van der Waals surface area contributed by atoms with Crippen molar-refractivity contribution in [2.45, 2.75) is 40.7 Å². The van der Waals surface area contributed by atoms with E-state index in [0.29, 0.717) is 6.61 Å². The van der Waals surface area contributed by atoms with Gasteiger partial charge in [0.05, 0.1) is 0 Å². The standard InChI is InChI=1S/C15H21N3OS/c1-5-8-16-15-13(17-18-20-15)9-19-14-11(3)7-6-10(2)12(14)4/h6-7,16H,5,8-9H2,1-4H3. The highest BCUT2D eigenvalue weighted by atomic mass is 32.1. The second kappa shape index (κ2) is 6.70. The minimum absolute atomic E-state index is 0.452. The van der Waals surface area contributed by atoms with Gasteiger partial charge in [0.15, 0.2) is 0 Å². The predicted octanol–water partition coefficient (Wildman–Crippen LogP) is 3.86.